The number of anilines is 1. The smallest absolute Gasteiger partial charge is 0.409 e. The lowest BCUT2D eigenvalue weighted by atomic mass is 10.1. The normalized spacial score (nSPS) is 13.8. The van der Waals surface area contributed by atoms with Gasteiger partial charge in [-0.3, -0.25) is 9.59 Å². The second-order valence-electron chi connectivity index (χ2n) is 5.41. The third-order valence-electron chi connectivity index (χ3n) is 3.76. The summed E-state index contributed by atoms with van der Waals surface area (Å²) in [6, 6.07) is 8.43. The average molecular weight is 344 g/mol. The molecule has 0 saturated carbocycles. The van der Waals surface area contributed by atoms with Crippen molar-refractivity contribution in [2.24, 2.45) is 0 Å². The molecule has 0 atom stereocenters. The summed E-state index contributed by atoms with van der Waals surface area (Å²) in [7, 11) is 0. The summed E-state index contributed by atoms with van der Waals surface area (Å²) >= 11 is 0. The quantitative estimate of drug-likeness (QED) is 0.890. The van der Waals surface area contributed by atoms with Crippen molar-refractivity contribution in [3.05, 3.63) is 29.8 Å². The number of para-hydroxylation sites is 1. The van der Waals surface area contributed by atoms with Gasteiger partial charge >= 0.3 is 6.09 Å². The Labute approximate surface area is 146 Å². The largest absolute Gasteiger partial charge is 0.450 e. The summed E-state index contributed by atoms with van der Waals surface area (Å²) in [4.78, 5) is 39.3. The van der Waals surface area contributed by atoms with Gasteiger partial charge in [0.15, 0.2) is 0 Å². The van der Waals surface area contributed by atoms with E-state index in [4.69, 9.17) is 10.00 Å². The van der Waals surface area contributed by atoms with Crippen molar-refractivity contribution in [1.82, 2.24) is 9.80 Å². The van der Waals surface area contributed by atoms with Crippen LogP contribution in [-0.2, 0) is 9.53 Å². The zero-order valence-electron chi connectivity index (χ0n) is 14.0. The molecule has 1 fully saturated rings. The highest BCUT2D eigenvalue weighted by atomic mass is 16.6. The van der Waals surface area contributed by atoms with Crippen LogP contribution in [0.25, 0.3) is 0 Å². The number of piperazine rings is 1. The second-order valence-corrected chi connectivity index (χ2v) is 5.41. The van der Waals surface area contributed by atoms with Crippen molar-refractivity contribution in [2.75, 3.05) is 38.1 Å². The molecule has 1 N–H and O–H groups in total. The highest BCUT2D eigenvalue weighted by Gasteiger charge is 2.26. The summed E-state index contributed by atoms with van der Waals surface area (Å²) < 4.78 is 4.96. The van der Waals surface area contributed by atoms with Crippen LogP contribution in [-0.4, -0.2) is 60.5 Å². The van der Waals surface area contributed by atoms with Gasteiger partial charge in [-0.2, -0.15) is 5.26 Å². The number of hydrogen-bond acceptors (Lipinski definition) is 5. The minimum atomic E-state index is -0.463. The Bertz CT molecular complexity index is 690. The van der Waals surface area contributed by atoms with Gasteiger partial charge < -0.3 is 19.9 Å². The van der Waals surface area contributed by atoms with Crippen molar-refractivity contribution in [2.45, 2.75) is 13.3 Å². The van der Waals surface area contributed by atoms with Gasteiger partial charge in [0, 0.05) is 26.2 Å². The van der Waals surface area contributed by atoms with E-state index in [-0.39, 0.29) is 18.4 Å². The molecule has 0 aromatic heterocycles. The molecule has 0 spiro atoms. The van der Waals surface area contributed by atoms with Gasteiger partial charge in [-0.15, -0.1) is 0 Å². The van der Waals surface area contributed by atoms with E-state index in [1.807, 2.05) is 0 Å². The highest BCUT2D eigenvalue weighted by molar-refractivity contribution is 6.04. The lowest BCUT2D eigenvalue weighted by Crippen LogP contribution is -2.50. The van der Waals surface area contributed by atoms with Crippen molar-refractivity contribution in [1.29, 1.82) is 5.26 Å². The van der Waals surface area contributed by atoms with E-state index in [1.165, 1.54) is 0 Å². The van der Waals surface area contributed by atoms with Crippen LogP contribution in [0, 0.1) is 11.3 Å². The molecule has 0 aliphatic carbocycles. The highest BCUT2D eigenvalue weighted by Crippen LogP contribution is 2.19. The van der Waals surface area contributed by atoms with Crippen LogP contribution in [0.5, 0.6) is 0 Å². The number of carbonyl (C=O) groups is 3. The molecule has 132 valence electrons. The number of nitrogens with one attached hydrogen (secondary N) is 1. The summed E-state index contributed by atoms with van der Waals surface area (Å²) in [6.07, 6.45) is -0.653. The zero-order chi connectivity index (χ0) is 18.2. The second kappa shape index (κ2) is 8.68. The number of nitriles is 1. The molecule has 8 heteroatoms. The topological polar surface area (TPSA) is 103 Å². The van der Waals surface area contributed by atoms with Crippen molar-refractivity contribution in [3.63, 3.8) is 0 Å². The van der Waals surface area contributed by atoms with E-state index in [9.17, 15) is 14.4 Å². The van der Waals surface area contributed by atoms with Gasteiger partial charge in [0.1, 0.15) is 6.42 Å². The van der Waals surface area contributed by atoms with Gasteiger partial charge in [0.2, 0.25) is 5.91 Å². The van der Waals surface area contributed by atoms with Crippen LogP contribution in [0.2, 0.25) is 0 Å². The molecule has 1 saturated heterocycles. The monoisotopic (exact) mass is 344 g/mol. The SMILES string of the molecule is CCOC(=O)N1CCN(C(=O)c2ccccc2NC(=O)CC#N)CC1. The molecule has 3 amide bonds. The maximum absolute atomic E-state index is 12.7. The van der Waals surface area contributed by atoms with E-state index >= 15 is 0 Å². The van der Waals surface area contributed by atoms with Crippen molar-refractivity contribution >= 4 is 23.6 Å². The number of amides is 3. The Morgan fingerprint density at radius 3 is 2.44 bits per heavy atom. The Morgan fingerprint density at radius 2 is 1.80 bits per heavy atom. The lowest BCUT2D eigenvalue weighted by Gasteiger charge is -2.34. The molecule has 0 bridgehead atoms. The van der Waals surface area contributed by atoms with E-state index in [0.29, 0.717) is 44.0 Å². The van der Waals surface area contributed by atoms with Crippen molar-refractivity contribution in [3.8, 4) is 6.07 Å². The first-order chi connectivity index (χ1) is 12.1. The molecule has 2 rings (SSSR count). The molecule has 8 nitrogen and oxygen atoms in total. The van der Waals surface area contributed by atoms with E-state index < -0.39 is 5.91 Å². The number of nitrogens with zero attached hydrogens (tertiary/aromatic N) is 3. The van der Waals surface area contributed by atoms with Crippen LogP contribution in [0.1, 0.15) is 23.7 Å². The fourth-order valence-electron chi connectivity index (χ4n) is 2.52. The molecule has 1 heterocycles. The van der Waals surface area contributed by atoms with Crippen LogP contribution in [0.15, 0.2) is 24.3 Å². The molecular weight excluding hydrogens is 324 g/mol. The van der Waals surface area contributed by atoms with E-state index in [1.54, 1.807) is 47.1 Å². The van der Waals surface area contributed by atoms with Crippen LogP contribution < -0.4 is 5.32 Å². The molecule has 1 aromatic carbocycles. The Kier molecular flexibility index (Phi) is 6.34. The maximum atomic E-state index is 12.7. The van der Waals surface area contributed by atoms with Crippen LogP contribution in [0.4, 0.5) is 10.5 Å². The fraction of sp³-hybridized carbons (Fsp3) is 0.412. The van der Waals surface area contributed by atoms with Gasteiger partial charge in [-0.05, 0) is 19.1 Å². The standard InChI is InChI=1S/C17H20N4O4/c1-2-25-17(24)21-11-9-20(10-12-21)16(23)13-5-3-4-6-14(13)19-15(22)7-8-18/h3-6H,2,7,9-12H2,1H3,(H,19,22). The molecule has 25 heavy (non-hydrogen) atoms. The summed E-state index contributed by atoms with van der Waals surface area (Å²) in [5.74, 6) is -0.689. The first-order valence-corrected chi connectivity index (χ1v) is 8.03. The minimum absolute atomic E-state index is 0.226. The number of rotatable bonds is 4. The number of carbonyl (C=O) groups excluding carboxylic acids is 3. The third kappa shape index (κ3) is 4.70. The lowest BCUT2D eigenvalue weighted by molar-refractivity contribution is -0.115. The Hall–Kier alpha value is -3.08. The summed E-state index contributed by atoms with van der Waals surface area (Å²) in [5.41, 5.74) is 0.735. The number of hydrogen-bond donors (Lipinski definition) is 1. The van der Waals surface area contributed by atoms with Gasteiger partial charge in [-0.1, -0.05) is 12.1 Å². The van der Waals surface area contributed by atoms with Gasteiger partial charge in [-0.25, -0.2) is 4.79 Å². The average Bonchev–Trinajstić information content (AvgIpc) is 2.62. The Balaban J connectivity index is 2.03. The summed E-state index contributed by atoms with van der Waals surface area (Å²) in [5, 5.41) is 11.2. The van der Waals surface area contributed by atoms with Gasteiger partial charge in [0.05, 0.1) is 23.9 Å². The zero-order valence-corrected chi connectivity index (χ0v) is 14.0. The predicted octanol–water partition coefficient (Wildman–Crippen LogP) is 1.45. The first kappa shape index (κ1) is 18.3. The van der Waals surface area contributed by atoms with Crippen LogP contribution in [0.3, 0.4) is 0 Å². The first-order valence-electron chi connectivity index (χ1n) is 8.03. The van der Waals surface area contributed by atoms with E-state index in [2.05, 4.69) is 5.32 Å². The maximum Gasteiger partial charge on any atom is 0.409 e. The summed E-state index contributed by atoms with van der Waals surface area (Å²) in [6.45, 7) is 3.63. The number of ether oxygens (including phenoxy) is 1. The molecule has 0 radical (unpaired) electrons. The molecule has 1 aliphatic rings. The minimum Gasteiger partial charge on any atom is -0.450 e. The molecular formula is C17H20N4O4. The fourth-order valence-corrected chi connectivity index (χ4v) is 2.52. The third-order valence-corrected chi connectivity index (χ3v) is 3.76. The van der Waals surface area contributed by atoms with Crippen molar-refractivity contribution < 1.29 is 19.1 Å². The number of benzene rings is 1. The van der Waals surface area contributed by atoms with Crippen LogP contribution >= 0.6 is 0 Å². The Morgan fingerprint density at radius 1 is 1.16 bits per heavy atom. The molecule has 1 aliphatic heterocycles. The molecule has 0 unspecified atom stereocenters. The molecule has 1 aromatic rings. The van der Waals surface area contributed by atoms with Gasteiger partial charge in [0.25, 0.3) is 5.91 Å². The predicted molar refractivity (Wildman–Crippen MR) is 89.8 cm³/mol. The van der Waals surface area contributed by atoms with E-state index in [0.717, 1.165) is 0 Å².